The Morgan fingerprint density at radius 3 is 2.59 bits per heavy atom. The van der Waals surface area contributed by atoms with Gasteiger partial charge < -0.3 is 15.7 Å². The van der Waals surface area contributed by atoms with E-state index in [-0.39, 0.29) is 5.75 Å². The first kappa shape index (κ1) is 12.1. The number of hydrogen-bond donors (Lipinski definition) is 2. The quantitative estimate of drug-likeness (QED) is 0.613. The van der Waals surface area contributed by atoms with Crippen LogP contribution in [0.1, 0.15) is 5.56 Å². The molecule has 3 N–H and O–H groups in total. The zero-order valence-corrected chi connectivity index (χ0v) is 10.5. The lowest BCUT2D eigenvalue weighted by atomic mass is 10.2. The summed E-state index contributed by atoms with van der Waals surface area (Å²) < 4.78 is 0. The summed E-state index contributed by atoms with van der Waals surface area (Å²) in [5.74, 6) is 3.14. The Hall–Kier alpha value is -1.36. The van der Waals surface area contributed by atoms with Gasteiger partial charge >= 0.3 is 0 Å². The molecule has 0 amide bonds. The van der Waals surface area contributed by atoms with Crippen molar-refractivity contribution in [1.82, 2.24) is 4.90 Å². The van der Waals surface area contributed by atoms with Crippen molar-refractivity contribution in [3.8, 4) is 5.75 Å². The Bertz CT molecular complexity index is 385. The molecule has 1 aromatic rings. The number of phenols is 1. The Morgan fingerprint density at radius 1 is 1.29 bits per heavy atom. The molecule has 0 bridgehead atoms. The molecule has 0 aromatic heterocycles. The van der Waals surface area contributed by atoms with E-state index in [9.17, 15) is 0 Å². The number of phenolic OH excluding ortho intramolecular Hbond substituents is 1. The fourth-order valence-corrected chi connectivity index (χ4v) is 2.57. The normalized spacial score (nSPS) is 17.2. The minimum absolute atomic E-state index is 0.277. The molecule has 1 saturated heterocycles. The van der Waals surface area contributed by atoms with Crippen molar-refractivity contribution in [1.29, 1.82) is 0 Å². The first-order chi connectivity index (χ1) is 8.25. The van der Waals surface area contributed by atoms with Crippen LogP contribution in [-0.2, 0) is 6.54 Å². The minimum Gasteiger partial charge on any atom is -0.508 e. The molecule has 0 aliphatic carbocycles. The second kappa shape index (κ2) is 5.82. The molecule has 17 heavy (non-hydrogen) atoms. The van der Waals surface area contributed by atoms with Crippen molar-refractivity contribution < 1.29 is 5.11 Å². The predicted molar refractivity (Wildman–Crippen MR) is 72.3 cm³/mol. The molecule has 1 aliphatic rings. The largest absolute Gasteiger partial charge is 0.508 e. The summed E-state index contributed by atoms with van der Waals surface area (Å²) in [6.45, 7) is 2.53. The molecule has 1 aromatic carbocycles. The third-order valence-electron chi connectivity index (χ3n) is 2.70. The Kier molecular flexibility index (Phi) is 4.14. The average molecular weight is 251 g/mol. The second-order valence-electron chi connectivity index (χ2n) is 3.94. The molecule has 1 fully saturated rings. The van der Waals surface area contributed by atoms with Crippen LogP contribution in [0.15, 0.2) is 29.3 Å². The standard InChI is InChI=1S/C12H17N3OS/c13-12(15-5-7-17-8-6-15)14-9-10-1-3-11(16)4-2-10/h1-4,16H,5-9H2,(H2,13,14). The Labute approximate surface area is 106 Å². The molecule has 1 aliphatic heterocycles. The second-order valence-corrected chi connectivity index (χ2v) is 5.17. The Balaban J connectivity index is 1.92. The van der Waals surface area contributed by atoms with Gasteiger partial charge in [0.1, 0.15) is 5.75 Å². The molecule has 0 spiro atoms. The molecule has 5 heteroatoms. The van der Waals surface area contributed by atoms with Gasteiger partial charge in [-0.3, -0.25) is 0 Å². The van der Waals surface area contributed by atoms with Gasteiger partial charge in [-0.2, -0.15) is 11.8 Å². The zero-order chi connectivity index (χ0) is 12.1. The number of benzene rings is 1. The molecule has 92 valence electrons. The van der Waals surface area contributed by atoms with Crippen LogP contribution in [-0.4, -0.2) is 40.6 Å². The number of hydrogen-bond acceptors (Lipinski definition) is 3. The van der Waals surface area contributed by atoms with Gasteiger partial charge in [0, 0.05) is 24.6 Å². The van der Waals surface area contributed by atoms with E-state index in [0.29, 0.717) is 12.5 Å². The number of aliphatic imine (C=N–C) groups is 1. The number of guanidine groups is 1. The monoisotopic (exact) mass is 251 g/mol. The van der Waals surface area contributed by atoms with E-state index in [0.717, 1.165) is 30.2 Å². The van der Waals surface area contributed by atoms with Gasteiger partial charge in [-0.1, -0.05) is 12.1 Å². The summed E-state index contributed by atoms with van der Waals surface area (Å²) in [5.41, 5.74) is 7.00. The van der Waals surface area contributed by atoms with Gasteiger partial charge in [0.2, 0.25) is 0 Å². The van der Waals surface area contributed by atoms with Gasteiger partial charge in [0.25, 0.3) is 0 Å². The van der Waals surface area contributed by atoms with E-state index in [1.54, 1.807) is 12.1 Å². The summed E-state index contributed by atoms with van der Waals surface area (Å²) in [5, 5.41) is 9.17. The number of nitrogens with zero attached hydrogens (tertiary/aromatic N) is 2. The smallest absolute Gasteiger partial charge is 0.191 e. The summed E-state index contributed by atoms with van der Waals surface area (Å²) >= 11 is 1.95. The molecular formula is C12H17N3OS. The van der Waals surface area contributed by atoms with Gasteiger partial charge in [0.05, 0.1) is 6.54 Å². The van der Waals surface area contributed by atoms with Crippen LogP contribution in [0.25, 0.3) is 0 Å². The molecular weight excluding hydrogens is 234 g/mol. The average Bonchev–Trinajstić information content (AvgIpc) is 2.39. The number of nitrogens with two attached hydrogens (primary N) is 1. The third-order valence-corrected chi connectivity index (χ3v) is 3.64. The van der Waals surface area contributed by atoms with Crippen LogP contribution >= 0.6 is 11.8 Å². The van der Waals surface area contributed by atoms with Crippen molar-refractivity contribution in [3.05, 3.63) is 29.8 Å². The maximum atomic E-state index is 9.17. The van der Waals surface area contributed by atoms with E-state index < -0.39 is 0 Å². The summed E-state index contributed by atoms with van der Waals surface area (Å²) in [7, 11) is 0. The minimum atomic E-state index is 0.277. The third kappa shape index (κ3) is 3.56. The van der Waals surface area contributed by atoms with Crippen LogP contribution in [0.3, 0.4) is 0 Å². The molecule has 0 atom stereocenters. The van der Waals surface area contributed by atoms with Gasteiger partial charge in [-0.25, -0.2) is 4.99 Å². The van der Waals surface area contributed by atoms with E-state index in [4.69, 9.17) is 10.8 Å². The molecule has 2 rings (SSSR count). The molecule has 0 unspecified atom stereocenters. The van der Waals surface area contributed by atoms with Crippen LogP contribution in [0.4, 0.5) is 0 Å². The molecule has 1 heterocycles. The zero-order valence-electron chi connectivity index (χ0n) is 9.67. The van der Waals surface area contributed by atoms with Crippen LogP contribution in [0, 0.1) is 0 Å². The van der Waals surface area contributed by atoms with E-state index >= 15 is 0 Å². The highest BCUT2D eigenvalue weighted by Crippen LogP contribution is 2.11. The first-order valence-corrected chi connectivity index (χ1v) is 6.82. The van der Waals surface area contributed by atoms with E-state index in [1.807, 2.05) is 23.9 Å². The van der Waals surface area contributed by atoms with Crippen molar-refractivity contribution in [3.63, 3.8) is 0 Å². The summed E-state index contributed by atoms with van der Waals surface area (Å²) in [4.78, 5) is 6.50. The Morgan fingerprint density at radius 2 is 1.94 bits per heavy atom. The van der Waals surface area contributed by atoms with Crippen molar-refractivity contribution in [2.45, 2.75) is 6.54 Å². The van der Waals surface area contributed by atoms with Crippen LogP contribution < -0.4 is 5.73 Å². The number of thioether (sulfide) groups is 1. The lowest BCUT2D eigenvalue weighted by Crippen LogP contribution is -2.42. The van der Waals surface area contributed by atoms with Crippen LogP contribution in [0.2, 0.25) is 0 Å². The molecule has 4 nitrogen and oxygen atoms in total. The molecule has 0 radical (unpaired) electrons. The fraction of sp³-hybridized carbons (Fsp3) is 0.417. The van der Waals surface area contributed by atoms with E-state index in [1.165, 1.54) is 0 Å². The highest BCUT2D eigenvalue weighted by atomic mass is 32.2. The van der Waals surface area contributed by atoms with Gasteiger partial charge in [0.15, 0.2) is 5.96 Å². The summed E-state index contributed by atoms with van der Waals surface area (Å²) in [6, 6.07) is 7.05. The maximum absolute atomic E-state index is 9.17. The maximum Gasteiger partial charge on any atom is 0.191 e. The van der Waals surface area contributed by atoms with Crippen molar-refractivity contribution >= 4 is 17.7 Å². The fourth-order valence-electron chi connectivity index (χ4n) is 1.67. The number of aromatic hydroxyl groups is 1. The highest BCUT2D eigenvalue weighted by molar-refractivity contribution is 7.99. The lowest BCUT2D eigenvalue weighted by Gasteiger charge is -2.27. The van der Waals surface area contributed by atoms with Gasteiger partial charge in [-0.15, -0.1) is 0 Å². The lowest BCUT2D eigenvalue weighted by molar-refractivity contribution is 0.455. The predicted octanol–water partition coefficient (Wildman–Crippen LogP) is 1.26. The SMILES string of the molecule is NC(=NCc1ccc(O)cc1)N1CCSCC1. The van der Waals surface area contributed by atoms with Crippen molar-refractivity contribution in [2.75, 3.05) is 24.6 Å². The van der Waals surface area contributed by atoms with Crippen molar-refractivity contribution in [2.24, 2.45) is 10.7 Å². The first-order valence-electron chi connectivity index (χ1n) is 5.66. The highest BCUT2D eigenvalue weighted by Gasteiger charge is 2.11. The molecule has 0 saturated carbocycles. The number of rotatable bonds is 2. The van der Waals surface area contributed by atoms with E-state index in [2.05, 4.69) is 9.89 Å². The van der Waals surface area contributed by atoms with Gasteiger partial charge in [-0.05, 0) is 17.7 Å². The summed E-state index contributed by atoms with van der Waals surface area (Å²) in [6.07, 6.45) is 0. The van der Waals surface area contributed by atoms with Crippen LogP contribution in [0.5, 0.6) is 5.75 Å². The topological polar surface area (TPSA) is 61.9 Å².